The van der Waals surface area contributed by atoms with E-state index in [2.05, 4.69) is 22.4 Å². The molecule has 118 valence electrons. The number of rotatable bonds is 4. The van der Waals surface area contributed by atoms with Gasteiger partial charge in [0.2, 0.25) is 10.1 Å². The first-order valence-corrected chi connectivity index (χ1v) is 7.42. The molecule has 1 aliphatic rings. The van der Waals surface area contributed by atoms with Crippen LogP contribution < -0.4 is 5.32 Å². The average Bonchev–Trinajstić information content (AvgIpc) is 2.87. The minimum absolute atomic E-state index is 0.00146. The standard InChI is InChI=1S/C12H16F3N3O2S/c1-7-2-4-11(5-3-7,9(19)20)6-16-10-18-17-8(21-10)12(13,14)15/h7H,2-6H2,1H3,(H,16,18)(H,19,20). The molecule has 1 aromatic rings. The van der Waals surface area contributed by atoms with Crippen LogP contribution in [-0.4, -0.2) is 27.8 Å². The van der Waals surface area contributed by atoms with Crippen molar-refractivity contribution >= 4 is 22.4 Å². The van der Waals surface area contributed by atoms with Crippen LogP contribution in [0.2, 0.25) is 0 Å². The molecule has 0 spiro atoms. The zero-order chi connectivity index (χ0) is 15.7. The molecule has 1 saturated carbocycles. The summed E-state index contributed by atoms with van der Waals surface area (Å²) in [5, 5.41) is 17.6. The van der Waals surface area contributed by atoms with Gasteiger partial charge >= 0.3 is 12.1 Å². The zero-order valence-electron chi connectivity index (χ0n) is 11.4. The SMILES string of the molecule is CC1CCC(CNc2nnc(C(F)(F)F)s2)(C(=O)O)CC1. The molecule has 0 radical (unpaired) electrons. The first-order valence-electron chi connectivity index (χ1n) is 6.61. The fraction of sp³-hybridized carbons (Fsp3) is 0.750. The number of alkyl halides is 3. The second-order valence-electron chi connectivity index (χ2n) is 5.53. The van der Waals surface area contributed by atoms with Crippen LogP contribution in [0.5, 0.6) is 0 Å². The Kier molecular flexibility index (Phi) is 4.40. The number of aromatic nitrogens is 2. The van der Waals surface area contributed by atoms with Crippen LogP contribution in [0.3, 0.4) is 0 Å². The van der Waals surface area contributed by atoms with Crippen LogP contribution in [-0.2, 0) is 11.0 Å². The van der Waals surface area contributed by atoms with Crippen LogP contribution >= 0.6 is 11.3 Å². The van der Waals surface area contributed by atoms with Gasteiger partial charge in [-0.1, -0.05) is 18.3 Å². The smallest absolute Gasteiger partial charge is 0.445 e. The topological polar surface area (TPSA) is 75.1 Å². The Morgan fingerprint density at radius 2 is 2.05 bits per heavy atom. The van der Waals surface area contributed by atoms with Crippen molar-refractivity contribution in [3.63, 3.8) is 0 Å². The van der Waals surface area contributed by atoms with Gasteiger partial charge in [0.15, 0.2) is 0 Å². The van der Waals surface area contributed by atoms with Crippen LogP contribution in [0.25, 0.3) is 0 Å². The van der Waals surface area contributed by atoms with Gasteiger partial charge in [-0.05, 0) is 31.6 Å². The number of hydrogen-bond donors (Lipinski definition) is 2. The number of nitrogens with one attached hydrogen (secondary N) is 1. The molecule has 0 aliphatic heterocycles. The quantitative estimate of drug-likeness (QED) is 0.889. The highest BCUT2D eigenvalue weighted by molar-refractivity contribution is 7.15. The Labute approximate surface area is 123 Å². The van der Waals surface area contributed by atoms with Gasteiger partial charge in [-0.3, -0.25) is 4.79 Å². The van der Waals surface area contributed by atoms with E-state index in [1.165, 1.54) is 0 Å². The second-order valence-corrected chi connectivity index (χ2v) is 6.51. The highest BCUT2D eigenvalue weighted by atomic mass is 32.1. The highest BCUT2D eigenvalue weighted by Gasteiger charge is 2.41. The first kappa shape index (κ1) is 16.0. The Hall–Kier alpha value is -1.38. The van der Waals surface area contributed by atoms with Crippen LogP contribution in [0.1, 0.15) is 37.6 Å². The van der Waals surface area contributed by atoms with Gasteiger partial charge in [0.05, 0.1) is 5.41 Å². The number of anilines is 1. The van der Waals surface area contributed by atoms with Crippen LogP contribution in [0.15, 0.2) is 0 Å². The Morgan fingerprint density at radius 1 is 1.43 bits per heavy atom. The predicted molar refractivity (Wildman–Crippen MR) is 71.1 cm³/mol. The summed E-state index contributed by atoms with van der Waals surface area (Å²) in [6.07, 6.45) is -1.89. The normalized spacial score (nSPS) is 26.6. The summed E-state index contributed by atoms with van der Waals surface area (Å²) in [5.74, 6) is -0.432. The Balaban J connectivity index is 2.03. The van der Waals surface area contributed by atoms with Crippen molar-refractivity contribution in [1.82, 2.24) is 10.2 Å². The highest BCUT2D eigenvalue weighted by Crippen LogP contribution is 2.40. The number of carboxylic acids is 1. The number of carbonyl (C=O) groups is 1. The summed E-state index contributed by atoms with van der Waals surface area (Å²) in [5.41, 5.74) is -0.934. The summed E-state index contributed by atoms with van der Waals surface area (Å²) in [6.45, 7) is 2.14. The maximum atomic E-state index is 12.4. The van der Waals surface area contributed by atoms with Gasteiger partial charge in [0, 0.05) is 6.54 Å². The molecule has 1 heterocycles. The third-order valence-electron chi connectivity index (χ3n) is 3.93. The predicted octanol–water partition coefficient (Wildman–Crippen LogP) is 3.25. The van der Waals surface area contributed by atoms with E-state index >= 15 is 0 Å². The largest absolute Gasteiger partial charge is 0.481 e. The van der Waals surface area contributed by atoms with E-state index in [-0.39, 0.29) is 11.7 Å². The summed E-state index contributed by atoms with van der Waals surface area (Å²) in [7, 11) is 0. The van der Waals surface area contributed by atoms with Gasteiger partial charge in [0.25, 0.3) is 0 Å². The molecule has 2 N–H and O–H groups in total. The fourth-order valence-corrected chi connectivity index (χ4v) is 3.04. The van der Waals surface area contributed by atoms with Crippen molar-refractivity contribution in [3.05, 3.63) is 5.01 Å². The third kappa shape index (κ3) is 3.63. The lowest BCUT2D eigenvalue weighted by molar-refractivity contribution is -0.150. The minimum atomic E-state index is -4.53. The van der Waals surface area contributed by atoms with Crippen molar-refractivity contribution in [2.75, 3.05) is 11.9 Å². The molecule has 0 aromatic carbocycles. The summed E-state index contributed by atoms with van der Waals surface area (Å²) in [6, 6.07) is 0. The molecular weight excluding hydrogens is 307 g/mol. The molecule has 0 unspecified atom stereocenters. The number of aliphatic carboxylic acids is 1. The van der Waals surface area contributed by atoms with Crippen LogP contribution in [0, 0.1) is 11.3 Å². The van der Waals surface area contributed by atoms with Gasteiger partial charge in [-0.25, -0.2) is 0 Å². The fourth-order valence-electron chi connectivity index (χ4n) is 2.44. The lowest BCUT2D eigenvalue weighted by Gasteiger charge is -2.35. The van der Waals surface area contributed by atoms with E-state index in [9.17, 15) is 23.1 Å². The average molecular weight is 323 g/mol. The van der Waals surface area contributed by atoms with Crippen molar-refractivity contribution in [2.45, 2.75) is 38.8 Å². The Bertz CT molecular complexity index is 510. The number of nitrogens with zero attached hydrogens (tertiary/aromatic N) is 2. The minimum Gasteiger partial charge on any atom is -0.481 e. The van der Waals surface area contributed by atoms with Gasteiger partial charge in [-0.2, -0.15) is 13.2 Å². The monoisotopic (exact) mass is 323 g/mol. The van der Waals surface area contributed by atoms with E-state index in [0.717, 1.165) is 12.8 Å². The third-order valence-corrected chi connectivity index (χ3v) is 4.86. The number of halogens is 3. The van der Waals surface area contributed by atoms with Crippen LogP contribution in [0.4, 0.5) is 18.3 Å². The van der Waals surface area contributed by atoms with Crippen molar-refractivity contribution < 1.29 is 23.1 Å². The van der Waals surface area contributed by atoms with Crippen molar-refractivity contribution in [3.8, 4) is 0 Å². The van der Waals surface area contributed by atoms with Crippen molar-refractivity contribution in [1.29, 1.82) is 0 Å². The zero-order valence-corrected chi connectivity index (χ0v) is 12.2. The number of carboxylic acid groups (broad SMARTS) is 1. The maximum Gasteiger partial charge on any atom is 0.445 e. The molecule has 1 aliphatic carbocycles. The molecule has 0 atom stereocenters. The Morgan fingerprint density at radius 3 is 2.52 bits per heavy atom. The number of hydrogen-bond acceptors (Lipinski definition) is 5. The molecular formula is C12H16F3N3O2S. The molecule has 0 amide bonds. The lowest BCUT2D eigenvalue weighted by atomic mass is 9.71. The summed E-state index contributed by atoms with van der Waals surface area (Å²) >= 11 is 0.388. The van der Waals surface area contributed by atoms with E-state index in [4.69, 9.17) is 0 Å². The van der Waals surface area contributed by atoms with Gasteiger partial charge in [-0.15, -0.1) is 10.2 Å². The molecule has 1 aromatic heterocycles. The molecule has 5 nitrogen and oxygen atoms in total. The molecule has 0 bridgehead atoms. The van der Waals surface area contributed by atoms with E-state index in [1.807, 2.05) is 0 Å². The van der Waals surface area contributed by atoms with E-state index in [0.29, 0.717) is 30.1 Å². The molecule has 0 saturated heterocycles. The second kappa shape index (κ2) is 5.78. The molecule has 21 heavy (non-hydrogen) atoms. The maximum absolute atomic E-state index is 12.4. The summed E-state index contributed by atoms with van der Waals surface area (Å²) in [4.78, 5) is 11.5. The van der Waals surface area contributed by atoms with E-state index in [1.54, 1.807) is 0 Å². The molecule has 1 fully saturated rings. The van der Waals surface area contributed by atoms with E-state index < -0.39 is 22.6 Å². The lowest BCUT2D eigenvalue weighted by Crippen LogP contribution is -2.41. The molecule has 9 heteroatoms. The van der Waals surface area contributed by atoms with Gasteiger partial charge < -0.3 is 10.4 Å². The van der Waals surface area contributed by atoms with Gasteiger partial charge in [0.1, 0.15) is 0 Å². The summed E-state index contributed by atoms with van der Waals surface area (Å²) < 4.78 is 37.3. The van der Waals surface area contributed by atoms with Crippen molar-refractivity contribution in [2.24, 2.45) is 11.3 Å². The first-order chi connectivity index (χ1) is 9.73. The molecule has 2 rings (SSSR count).